The molecule has 0 amide bonds. The molecule has 2 aromatic rings. The van der Waals surface area contributed by atoms with Crippen LogP contribution in [0.5, 0.6) is 0 Å². The second kappa shape index (κ2) is 6.28. The quantitative estimate of drug-likeness (QED) is 0.844. The summed E-state index contributed by atoms with van der Waals surface area (Å²) in [6.45, 7) is 4.01. The largest absolute Gasteiger partial charge is 0.368 e. The molecule has 20 heavy (non-hydrogen) atoms. The number of aryl methyl sites for hydroxylation is 1. The first-order chi connectivity index (χ1) is 9.49. The number of nitrogens with two attached hydrogens (primary N) is 1. The predicted octanol–water partition coefficient (Wildman–Crippen LogP) is 3.31. The van der Waals surface area contributed by atoms with Crippen LogP contribution in [0.25, 0.3) is 0 Å². The van der Waals surface area contributed by atoms with Crippen molar-refractivity contribution in [2.24, 2.45) is 0 Å². The summed E-state index contributed by atoms with van der Waals surface area (Å²) >= 11 is 7.46. The van der Waals surface area contributed by atoms with Crippen molar-refractivity contribution in [1.82, 2.24) is 15.0 Å². The summed E-state index contributed by atoms with van der Waals surface area (Å²) in [7, 11) is 0. The molecule has 1 aromatic heterocycles. The smallest absolute Gasteiger partial charge is 0.228 e. The van der Waals surface area contributed by atoms with Crippen molar-refractivity contribution in [1.29, 1.82) is 0 Å². The normalized spacial score (nSPS) is 12.2. The van der Waals surface area contributed by atoms with Crippen molar-refractivity contribution in [3.63, 3.8) is 0 Å². The highest BCUT2D eigenvalue weighted by atomic mass is 35.5. The van der Waals surface area contributed by atoms with Crippen molar-refractivity contribution < 1.29 is 0 Å². The minimum Gasteiger partial charge on any atom is -0.368 e. The van der Waals surface area contributed by atoms with Crippen molar-refractivity contribution in [2.45, 2.75) is 25.0 Å². The minimum atomic E-state index is 0.0440. The van der Waals surface area contributed by atoms with Crippen molar-refractivity contribution in [2.75, 3.05) is 17.3 Å². The van der Waals surface area contributed by atoms with Gasteiger partial charge in [-0.25, -0.2) is 0 Å². The van der Waals surface area contributed by atoms with Crippen LogP contribution in [-0.2, 0) is 0 Å². The average molecular weight is 310 g/mol. The number of thioether (sulfide) groups is 1. The van der Waals surface area contributed by atoms with E-state index in [9.17, 15) is 0 Å². The van der Waals surface area contributed by atoms with E-state index in [0.29, 0.717) is 11.1 Å². The summed E-state index contributed by atoms with van der Waals surface area (Å²) in [5.41, 5.74) is 7.81. The highest BCUT2D eigenvalue weighted by Gasteiger charge is 2.10. The maximum atomic E-state index is 6.03. The Balaban J connectivity index is 2.20. The van der Waals surface area contributed by atoms with E-state index in [1.165, 1.54) is 11.8 Å². The molecule has 0 saturated carbocycles. The highest BCUT2D eigenvalue weighted by molar-refractivity contribution is 7.98. The summed E-state index contributed by atoms with van der Waals surface area (Å²) in [5.74, 6) is 0.688. The topological polar surface area (TPSA) is 76.7 Å². The second-order valence-electron chi connectivity index (χ2n) is 4.38. The van der Waals surface area contributed by atoms with Crippen LogP contribution in [0.15, 0.2) is 23.4 Å². The zero-order valence-corrected chi connectivity index (χ0v) is 13.1. The predicted molar refractivity (Wildman–Crippen MR) is 84.2 cm³/mol. The van der Waals surface area contributed by atoms with E-state index < -0.39 is 0 Å². The van der Waals surface area contributed by atoms with Gasteiger partial charge in [-0.05, 0) is 37.3 Å². The lowest BCUT2D eigenvalue weighted by Crippen LogP contribution is -2.12. The van der Waals surface area contributed by atoms with Gasteiger partial charge in [-0.2, -0.15) is 15.0 Å². The molecular weight excluding hydrogens is 294 g/mol. The van der Waals surface area contributed by atoms with E-state index >= 15 is 0 Å². The molecule has 5 nitrogen and oxygen atoms in total. The molecule has 0 aliphatic carbocycles. The van der Waals surface area contributed by atoms with Gasteiger partial charge in [0.15, 0.2) is 5.16 Å². The Morgan fingerprint density at radius 2 is 2.05 bits per heavy atom. The van der Waals surface area contributed by atoms with Gasteiger partial charge in [0.1, 0.15) is 0 Å². The molecule has 3 N–H and O–H groups in total. The molecule has 0 radical (unpaired) electrons. The van der Waals surface area contributed by atoms with Gasteiger partial charge in [-0.1, -0.05) is 35.5 Å². The van der Waals surface area contributed by atoms with E-state index in [-0.39, 0.29) is 12.0 Å². The molecule has 2 rings (SSSR count). The molecule has 0 bridgehead atoms. The number of anilines is 2. The number of aromatic nitrogens is 3. The molecule has 0 aliphatic heterocycles. The monoisotopic (exact) mass is 309 g/mol. The van der Waals surface area contributed by atoms with Gasteiger partial charge >= 0.3 is 0 Å². The Kier molecular flexibility index (Phi) is 4.67. The van der Waals surface area contributed by atoms with E-state index in [1.807, 2.05) is 38.3 Å². The fourth-order valence-corrected chi connectivity index (χ4v) is 2.22. The number of nitrogen functional groups attached to an aromatic ring is 1. The first kappa shape index (κ1) is 14.9. The van der Waals surface area contributed by atoms with Gasteiger partial charge in [0, 0.05) is 5.02 Å². The van der Waals surface area contributed by atoms with Gasteiger partial charge in [0.05, 0.1) is 6.04 Å². The lowest BCUT2D eigenvalue weighted by molar-refractivity contribution is 0.830. The van der Waals surface area contributed by atoms with Crippen LogP contribution in [-0.4, -0.2) is 21.2 Å². The summed E-state index contributed by atoms with van der Waals surface area (Å²) in [6.07, 6.45) is 1.89. The lowest BCUT2D eigenvalue weighted by Gasteiger charge is -2.15. The molecule has 0 aliphatic rings. The number of hydrogen-bond donors (Lipinski definition) is 2. The summed E-state index contributed by atoms with van der Waals surface area (Å²) in [4.78, 5) is 12.4. The Labute approximate surface area is 127 Å². The number of hydrogen-bond acceptors (Lipinski definition) is 6. The number of nitrogens with one attached hydrogen (secondary N) is 1. The van der Waals surface area contributed by atoms with Crippen LogP contribution in [0.3, 0.4) is 0 Å². The number of rotatable bonds is 4. The molecule has 1 aromatic carbocycles. The number of halogens is 1. The van der Waals surface area contributed by atoms with Crippen molar-refractivity contribution in [3.8, 4) is 0 Å². The van der Waals surface area contributed by atoms with Crippen LogP contribution in [0, 0.1) is 6.92 Å². The van der Waals surface area contributed by atoms with E-state index in [0.717, 1.165) is 16.1 Å². The average Bonchev–Trinajstić information content (AvgIpc) is 2.41. The van der Waals surface area contributed by atoms with Crippen LogP contribution < -0.4 is 11.1 Å². The summed E-state index contributed by atoms with van der Waals surface area (Å²) in [5, 5.41) is 4.58. The van der Waals surface area contributed by atoms with Crippen LogP contribution in [0.1, 0.15) is 24.1 Å². The first-order valence-electron chi connectivity index (χ1n) is 6.07. The molecule has 1 heterocycles. The second-order valence-corrected chi connectivity index (χ2v) is 5.56. The molecule has 0 saturated heterocycles. The van der Waals surface area contributed by atoms with E-state index in [2.05, 4.69) is 20.3 Å². The standard InChI is InChI=1S/C13H16ClN5S/c1-7-6-9(4-5-10(7)14)8(2)16-12-17-11(15)18-13(19-12)20-3/h4-6,8H,1-3H3,(H3,15,16,17,18,19). The zero-order valence-electron chi connectivity index (χ0n) is 11.5. The first-order valence-corrected chi connectivity index (χ1v) is 7.68. The number of nitrogens with zero attached hydrogens (tertiary/aromatic N) is 3. The lowest BCUT2D eigenvalue weighted by atomic mass is 10.1. The molecule has 0 spiro atoms. The Morgan fingerprint density at radius 3 is 2.70 bits per heavy atom. The van der Waals surface area contributed by atoms with Crippen molar-refractivity contribution in [3.05, 3.63) is 34.3 Å². The van der Waals surface area contributed by atoms with Gasteiger partial charge in [0.2, 0.25) is 11.9 Å². The fraction of sp³-hybridized carbons (Fsp3) is 0.308. The molecule has 1 atom stereocenters. The van der Waals surface area contributed by atoms with Gasteiger partial charge in [0.25, 0.3) is 0 Å². The third-order valence-electron chi connectivity index (χ3n) is 2.84. The molecular formula is C13H16ClN5S. The number of benzene rings is 1. The maximum absolute atomic E-state index is 6.03. The van der Waals surface area contributed by atoms with Crippen LogP contribution >= 0.6 is 23.4 Å². The fourth-order valence-electron chi connectivity index (χ4n) is 1.74. The van der Waals surface area contributed by atoms with Crippen molar-refractivity contribution >= 4 is 35.3 Å². The molecule has 1 unspecified atom stereocenters. The van der Waals surface area contributed by atoms with E-state index in [4.69, 9.17) is 17.3 Å². The Morgan fingerprint density at radius 1 is 1.30 bits per heavy atom. The van der Waals surface area contributed by atoms with Crippen LogP contribution in [0.4, 0.5) is 11.9 Å². The summed E-state index contributed by atoms with van der Waals surface area (Å²) < 4.78 is 0. The maximum Gasteiger partial charge on any atom is 0.228 e. The van der Waals surface area contributed by atoms with Gasteiger partial charge < -0.3 is 11.1 Å². The Hall–Kier alpha value is -1.53. The zero-order chi connectivity index (χ0) is 14.7. The third kappa shape index (κ3) is 3.52. The van der Waals surface area contributed by atoms with Gasteiger partial charge in [-0.15, -0.1) is 0 Å². The SMILES string of the molecule is CSc1nc(N)nc(NC(C)c2ccc(Cl)c(C)c2)n1. The van der Waals surface area contributed by atoms with Crippen LogP contribution in [0.2, 0.25) is 5.02 Å². The molecule has 106 valence electrons. The van der Waals surface area contributed by atoms with E-state index in [1.54, 1.807) is 0 Å². The molecule has 0 fully saturated rings. The highest BCUT2D eigenvalue weighted by Crippen LogP contribution is 2.23. The molecule has 7 heteroatoms. The third-order valence-corrected chi connectivity index (χ3v) is 3.81. The minimum absolute atomic E-state index is 0.0440. The van der Waals surface area contributed by atoms with Gasteiger partial charge in [-0.3, -0.25) is 0 Å². The summed E-state index contributed by atoms with van der Waals surface area (Å²) in [6, 6.07) is 5.95. The Bertz CT molecular complexity index is 620.